The van der Waals surface area contributed by atoms with Crippen molar-refractivity contribution in [3.63, 3.8) is 0 Å². The van der Waals surface area contributed by atoms with Crippen LogP contribution in [-0.2, 0) is 11.2 Å². The first-order valence-electron chi connectivity index (χ1n) is 6.68. The van der Waals surface area contributed by atoms with Gasteiger partial charge in [0.2, 0.25) is 5.91 Å². The average Bonchev–Trinajstić information content (AvgIpc) is 3.12. The van der Waals surface area contributed by atoms with Gasteiger partial charge in [0.1, 0.15) is 10.8 Å². The lowest BCUT2D eigenvalue weighted by atomic mass is 10.2. The van der Waals surface area contributed by atoms with E-state index in [1.807, 2.05) is 35.2 Å². The highest BCUT2D eigenvalue weighted by Crippen LogP contribution is 2.27. The van der Waals surface area contributed by atoms with Gasteiger partial charge in [-0.05, 0) is 36.1 Å². The van der Waals surface area contributed by atoms with E-state index in [9.17, 15) is 9.90 Å². The number of anilines is 1. The zero-order chi connectivity index (χ0) is 15.5. The van der Waals surface area contributed by atoms with Crippen LogP contribution in [0.5, 0.6) is 5.75 Å². The largest absolute Gasteiger partial charge is 0.506 e. The molecular weight excluding hydrogens is 316 g/mol. The van der Waals surface area contributed by atoms with Crippen LogP contribution in [0.2, 0.25) is 0 Å². The van der Waals surface area contributed by atoms with Gasteiger partial charge in [-0.3, -0.25) is 4.79 Å². The maximum atomic E-state index is 12.1. The Balaban J connectivity index is 1.67. The molecule has 112 valence electrons. The molecule has 6 heteroatoms. The summed E-state index contributed by atoms with van der Waals surface area (Å²) in [6, 6.07) is 7.16. The van der Waals surface area contributed by atoms with Crippen LogP contribution in [0, 0.1) is 6.92 Å². The van der Waals surface area contributed by atoms with Crippen LogP contribution in [0.4, 0.5) is 5.69 Å². The smallest absolute Gasteiger partial charge is 0.230 e. The van der Waals surface area contributed by atoms with E-state index in [-0.39, 0.29) is 18.1 Å². The maximum absolute atomic E-state index is 12.1. The highest BCUT2D eigenvalue weighted by atomic mass is 32.1. The number of benzene rings is 1. The number of carbonyl (C=O) groups is 1. The van der Waals surface area contributed by atoms with E-state index in [4.69, 9.17) is 0 Å². The number of carbonyl (C=O) groups excluding carboxylic acids is 1. The van der Waals surface area contributed by atoms with E-state index in [1.54, 1.807) is 23.5 Å². The minimum Gasteiger partial charge on any atom is -0.506 e. The lowest BCUT2D eigenvalue weighted by Gasteiger charge is -2.07. The number of amides is 1. The monoisotopic (exact) mass is 330 g/mol. The second kappa shape index (κ2) is 6.29. The lowest BCUT2D eigenvalue weighted by Crippen LogP contribution is -2.14. The summed E-state index contributed by atoms with van der Waals surface area (Å²) >= 11 is 3.15. The summed E-state index contributed by atoms with van der Waals surface area (Å²) in [4.78, 5) is 16.5. The molecule has 2 heterocycles. The summed E-state index contributed by atoms with van der Waals surface area (Å²) in [5.41, 5.74) is 3.17. The third-order valence-corrected chi connectivity index (χ3v) is 4.71. The predicted octanol–water partition coefficient (Wildman–Crippen LogP) is 4.07. The summed E-state index contributed by atoms with van der Waals surface area (Å²) < 4.78 is 0. The van der Waals surface area contributed by atoms with E-state index in [2.05, 4.69) is 10.3 Å². The molecule has 4 nitrogen and oxygen atoms in total. The van der Waals surface area contributed by atoms with E-state index >= 15 is 0 Å². The number of nitrogens with zero attached hydrogens (tertiary/aromatic N) is 1. The van der Waals surface area contributed by atoms with E-state index in [0.29, 0.717) is 5.69 Å². The van der Waals surface area contributed by atoms with Crippen LogP contribution in [-0.4, -0.2) is 16.0 Å². The number of thiophene rings is 1. The van der Waals surface area contributed by atoms with Crippen molar-refractivity contribution < 1.29 is 9.90 Å². The number of aryl methyl sites for hydroxylation is 1. The van der Waals surface area contributed by atoms with E-state index < -0.39 is 0 Å². The number of thiazole rings is 1. The normalized spacial score (nSPS) is 10.6. The topological polar surface area (TPSA) is 62.2 Å². The van der Waals surface area contributed by atoms with Gasteiger partial charge in [0, 0.05) is 16.3 Å². The number of aromatic hydroxyl groups is 1. The fourth-order valence-electron chi connectivity index (χ4n) is 2.01. The first-order valence-corrected chi connectivity index (χ1v) is 8.50. The van der Waals surface area contributed by atoms with Gasteiger partial charge in [0.25, 0.3) is 0 Å². The summed E-state index contributed by atoms with van der Waals surface area (Å²) in [6.07, 6.45) is 0.188. The quantitative estimate of drug-likeness (QED) is 0.709. The number of rotatable bonds is 4. The molecule has 3 aromatic rings. The van der Waals surface area contributed by atoms with Gasteiger partial charge in [0.05, 0.1) is 17.8 Å². The second-order valence-corrected chi connectivity index (χ2v) is 6.54. The molecular formula is C16H14N2O2S2. The van der Waals surface area contributed by atoms with Crippen molar-refractivity contribution in [3.8, 4) is 16.3 Å². The van der Waals surface area contributed by atoms with Crippen molar-refractivity contribution in [2.45, 2.75) is 13.3 Å². The molecule has 0 bridgehead atoms. The van der Waals surface area contributed by atoms with Gasteiger partial charge in [-0.1, -0.05) is 6.07 Å². The molecule has 0 unspecified atom stereocenters. The molecule has 3 rings (SSSR count). The molecule has 22 heavy (non-hydrogen) atoms. The van der Waals surface area contributed by atoms with Crippen LogP contribution >= 0.6 is 22.7 Å². The lowest BCUT2D eigenvalue weighted by molar-refractivity contribution is -0.115. The molecule has 0 atom stereocenters. The minimum atomic E-state index is -0.193. The van der Waals surface area contributed by atoms with Gasteiger partial charge < -0.3 is 10.4 Å². The molecule has 0 aliphatic rings. The fraction of sp³-hybridized carbons (Fsp3) is 0.125. The van der Waals surface area contributed by atoms with Crippen LogP contribution in [0.25, 0.3) is 10.6 Å². The summed E-state index contributed by atoms with van der Waals surface area (Å²) in [5, 5.41) is 19.4. The van der Waals surface area contributed by atoms with Gasteiger partial charge in [0.15, 0.2) is 0 Å². The molecule has 2 N–H and O–H groups in total. The zero-order valence-electron chi connectivity index (χ0n) is 11.9. The number of hydrogen-bond donors (Lipinski definition) is 2. The highest BCUT2D eigenvalue weighted by Gasteiger charge is 2.11. The van der Waals surface area contributed by atoms with Crippen LogP contribution < -0.4 is 5.32 Å². The second-order valence-electron chi connectivity index (χ2n) is 4.90. The maximum Gasteiger partial charge on any atom is 0.230 e. The number of nitrogens with one attached hydrogen (secondary N) is 1. The molecule has 1 aromatic carbocycles. The first-order chi connectivity index (χ1) is 10.6. The standard InChI is InChI=1S/C16H14N2O2S2/c1-10-2-3-13(14(19)6-10)18-15(20)7-12-9-22-16(17-12)11-4-5-21-8-11/h2-6,8-9,19H,7H2,1H3,(H,18,20). The molecule has 0 saturated heterocycles. The van der Waals surface area contributed by atoms with Crippen LogP contribution in [0.1, 0.15) is 11.3 Å². The molecule has 0 aliphatic heterocycles. The van der Waals surface area contributed by atoms with Gasteiger partial charge >= 0.3 is 0 Å². The Morgan fingerprint density at radius 3 is 2.91 bits per heavy atom. The van der Waals surface area contributed by atoms with E-state index in [1.165, 1.54) is 11.3 Å². The molecule has 0 saturated carbocycles. The van der Waals surface area contributed by atoms with Crippen molar-refractivity contribution in [3.05, 3.63) is 51.7 Å². The van der Waals surface area contributed by atoms with Gasteiger partial charge in [-0.15, -0.1) is 11.3 Å². The van der Waals surface area contributed by atoms with E-state index in [0.717, 1.165) is 21.8 Å². The summed E-state index contributed by atoms with van der Waals surface area (Å²) in [7, 11) is 0. The molecule has 0 fully saturated rings. The number of phenolic OH excluding ortho intramolecular Hbond substituents is 1. The number of phenols is 1. The van der Waals surface area contributed by atoms with Crippen LogP contribution in [0.15, 0.2) is 40.4 Å². The van der Waals surface area contributed by atoms with Crippen molar-refractivity contribution in [2.24, 2.45) is 0 Å². The highest BCUT2D eigenvalue weighted by molar-refractivity contribution is 7.14. The zero-order valence-corrected chi connectivity index (χ0v) is 13.5. The summed E-state index contributed by atoms with van der Waals surface area (Å²) in [5.74, 6) is -0.119. The Kier molecular flexibility index (Phi) is 4.22. The Labute approximate surface area is 136 Å². The molecule has 0 radical (unpaired) electrons. The molecule has 1 amide bonds. The number of aromatic nitrogens is 1. The Bertz CT molecular complexity index is 794. The van der Waals surface area contributed by atoms with Crippen molar-refractivity contribution >= 4 is 34.3 Å². The SMILES string of the molecule is Cc1ccc(NC(=O)Cc2csc(-c3ccsc3)n2)c(O)c1. The third-order valence-electron chi connectivity index (χ3n) is 3.09. The van der Waals surface area contributed by atoms with Crippen molar-refractivity contribution in [1.82, 2.24) is 4.98 Å². The Morgan fingerprint density at radius 2 is 2.18 bits per heavy atom. The van der Waals surface area contributed by atoms with Crippen LogP contribution in [0.3, 0.4) is 0 Å². The minimum absolute atomic E-state index is 0.0746. The fourth-order valence-corrected chi connectivity index (χ4v) is 3.55. The molecule has 0 aliphatic carbocycles. The third kappa shape index (κ3) is 3.35. The van der Waals surface area contributed by atoms with Gasteiger partial charge in [-0.2, -0.15) is 11.3 Å². The Morgan fingerprint density at radius 1 is 1.32 bits per heavy atom. The van der Waals surface area contributed by atoms with Crippen molar-refractivity contribution in [2.75, 3.05) is 5.32 Å². The number of hydrogen-bond acceptors (Lipinski definition) is 5. The Hall–Kier alpha value is -2.18. The van der Waals surface area contributed by atoms with Gasteiger partial charge in [-0.25, -0.2) is 4.98 Å². The molecule has 2 aromatic heterocycles. The summed E-state index contributed by atoms with van der Waals surface area (Å²) in [6.45, 7) is 1.88. The first kappa shape index (κ1) is 14.7. The predicted molar refractivity (Wildman–Crippen MR) is 90.6 cm³/mol. The molecule has 0 spiro atoms. The van der Waals surface area contributed by atoms with Crippen molar-refractivity contribution in [1.29, 1.82) is 0 Å². The average molecular weight is 330 g/mol.